The van der Waals surface area contributed by atoms with Crippen LogP contribution in [0.15, 0.2) is 40.9 Å². The minimum atomic E-state index is -2.72. The quantitative estimate of drug-likeness (QED) is 0.579. The van der Waals surface area contributed by atoms with Gasteiger partial charge in [0.1, 0.15) is 0 Å². The van der Waals surface area contributed by atoms with Crippen LogP contribution in [0.5, 0.6) is 0 Å². The summed E-state index contributed by atoms with van der Waals surface area (Å²) in [5, 5.41) is 5.33. The van der Waals surface area contributed by atoms with Gasteiger partial charge in [0.15, 0.2) is 5.82 Å². The molecule has 2 aromatic carbocycles. The lowest BCUT2D eigenvalue weighted by Gasteiger charge is -2.12. The lowest BCUT2D eigenvalue weighted by molar-refractivity contribution is -0.114. The minimum Gasteiger partial charge on any atom is -0.337 e. The third-order valence-electron chi connectivity index (χ3n) is 3.51. The molecule has 1 heterocycles. The summed E-state index contributed by atoms with van der Waals surface area (Å²) in [4.78, 5) is 30.1. The van der Waals surface area contributed by atoms with Gasteiger partial charge in [-0.15, -0.1) is 0 Å². The van der Waals surface area contributed by atoms with Gasteiger partial charge in [0.2, 0.25) is 5.91 Å². The molecule has 6 nitrogen and oxygen atoms in total. The van der Waals surface area contributed by atoms with Crippen molar-refractivity contribution in [2.45, 2.75) is 13.3 Å². The third-order valence-corrected chi connectivity index (χ3v) is 4.00. The number of nitrogens with one attached hydrogen (secondary N) is 3. The number of carbonyl (C=O) groups is 2. The van der Waals surface area contributed by atoms with Crippen molar-refractivity contribution in [1.29, 1.82) is 0 Å². The molecule has 0 fully saturated rings. The zero-order chi connectivity index (χ0) is 18.8. The van der Waals surface area contributed by atoms with Crippen LogP contribution in [0.2, 0.25) is 0 Å². The number of halogens is 3. The van der Waals surface area contributed by atoms with Gasteiger partial charge < -0.3 is 15.6 Å². The molecule has 0 saturated carbocycles. The van der Waals surface area contributed by atoms with E-state index in [0.717, 1.165) is 0 Å². The van der Waals surface area contributed by atoms with Gasteiger partial charge in [0.05, 0.1) is 22.4 Å². The number of alkyl halides is 2. The van der Waals surface area contributed by atoms with Crippen LogP contribution in [0.1, 0.15) is 29.5 Å². The summed E-state index contributed by atoms with van der Waals surface area (Å²) in [7, 11) is 0. The van der Waals surface area contributed by atoms with E-state index < -0.39 is 18.2 Å². The molecule has 0 radical (unpaired) electrons. The maximum atomic E-state index is 12.7. The summed E-state index contributed by atoms with van der Waals surface area (Å²) in [5.74, 6) is -1.18. The summed E-state index contributed by atoms with van der Waals surface area (Å²) < 4.78 is 26.2. The summed E-state index contributed by atoms with van der Waals surface area (Å²) in [6.45, 7) is 1.36. The number of imidazole rings is 1. The predicted molar refractivity (Wildman–Crippen MR) is 97.4 cm³/mol. The predicted octanol–water partition coefficient (Wildman–Crippen LogP) is 4.47. The second-order valence-corrected chi connectivity index (χ2v) is 6.40. The third kappa shape index (κ3) is 3.88. The summed E-state index contributed by atoms with van der Waals surface area (Å²) in [6, 6.07) is 9.44. The van der Waals surface area contributed by atoms with Crippen molar-refractivity contribution in [3.05, 3.63) is 52.3 Å². The summed E-state index contributed by atoms with van der Waals surface area (Å²) in [6.07, 6.45) is -2.72. The molecule has 0 bridgehead atoms. The average molecular weight is 423 g/mol. The Morgan fingerprint density at radius 1 is 1.12 bits per heavy atom. The van der Waals surface area contributed by atoms with Gasteiger partial charge in [-0.05, 0) is 36.4 Å². The number of fused-ring (bicyclic) bond motifs is 1. The summed E-state index contributed by atoms with van der Waals surface area (Å²) >= 11 is 3.31. The number of amides is 2. The molecule has 9 heteroatoms. The first kappa shape index (κ1) is 18.0. The number of nitrogens with zero attached hydrogens (tertiary/aromatic N) is 1. The van der Waals surface area contributed by atoms with Crippen molar-refractivity contribution in [3.8, 4) is 0 Å². The van der Waals surface area contributed by atoms with E-state index in [1.165, 1.54) is 25.1 Å². The van der Waals surface area contributed by atoms with E-state index in [2.05, 4.69) is 36.5 Å². The monoisotopic (exact) mass is 422 g/mol. The Hall–Kier alpha value is -2.81. The van der Waals surface area contributed by atoms with Crippen LogP contribution >= 0.6 is 15.9 Å². The van der Waals surface area contributed by atoms with Crippen LogP contribution in [0.25, 0.3) is 11.0 Å². The minimum absolute atomic E-state index is 0.260. The number of hydrogen-bond acceptors (Lipinski definition) is 3. The van der Waals surface area contributed by atoms with E-state index in [0.29, 0.717) is 26.9 Å². The Morgan fingerprint density at radius 3 is 2.58 bits per heavy atom. The van der Waals surface area contributed by atoms with Crippen molar-refractivity contribution in [2.24, 2.45) is 0 Å². The fourth-order valence-electron chi connectivity index (χ4n) is 2.39. The van der Waals surface area contributed by atoms with E-state index in [4.69, 9.17) is 0 Å². The molecular formula is C17H13BrF2N4O2. The molecule has 0 saturated heterocycles. The number of aromatic amines is 1. The van der Waals surface area contributed by atoms with Gasteiger partial charge in [-0.2, -0.15) is 0 Å². The van der Waals surface area contributed by atoms with Gasteiger partial charge in [0, 0.05) is 17.0 Å². The largest absolute Gasteiger partial charge is 0.337 e. The molecule has 0 aliphatic carbocycles. The zero-order valence-corrected chi connectivity index (χ0v) is 15.0. The van der Waals surface area contributed by atoms with Crippen LogP contribution in [0.4, 0.5) is 20.2 Å². The van der Waals surface area contributed by atoms with Crippen LogP contribution in [-0.4, -0.2) is 21.8 Å². The second kappa shape index (κ2) is 7.20. The van der Waals surface area contributed by atoms with Crippen LogP contribution in [-0.2, 0) is 4.79 Å². The second-order valence-electron chi connectivity index (χ2n) is 5.48. The fourth-order valence-corrected chi connectivity index (χ4v) is 2.75. The molecule has 134 valence electrons. The number of aromatic nitrogens is 2. The van der Waals surface area contributed by atoms with Gasteiger partial charge in [-0.3, -0.25) is 9.59 Å². The lowest BCUT2D eigenvalue weighted by atomic mass is 10.1. The number of H-pyrrole nitrogens is 1. The van der Waals surface area contributed by atoms with Crippen molar-refractivity contribution in [3.63, 3.8) is 0 Å². The Kier molecular flexibility index (Phi) is 4.99. The highest BCUT2D eigenvalue weighted by Crippen LogP contribution is 2.27. The molecule has 1 aromatic heterocycles. The van der Waals surface area contributed by atoms with E-state index >= 15 is 0 Å². The van der Waals surface area contributed by atoms with Gasteiger partial charge >= 0.3 is 0 Å². The standard InChI is InChI=1S/C17H13BrF2N4O2/c1-8(25)21-11-5-3-10(18)7-14(11)24-17(26)9-2-4-12-13(6-9)23-16(22-12)15(19)20/h2-7,15H,1H3,(H,21,25)(H,22,23)(H,24,26). The van der Waals surface area contributed by atoms with Crippen LogP contribution in [0, 0.1) is 0 Å². The lowest BCUT2D eigenvalue weighted by Crippen LogP contribution is -2.15. The van der Waals surface area contributed by atoms with E-state index in [9.17, 15) is 18.4 Å². The topological polar surface area (TPSA) is 86.9 Å². The van der Waals surface area contributed by atoms with Crippen LogP contribution < -0.4 is 10.6 Å². The Bertz CT molecular complexity index is 1000. The van der Waals surface area contributed by atoms with E-state index in [1.807, 2.05) is 0 Å². The van der Waals surface area contributed by atoms with Crippen molar-refractivity contribution in [1.82, 2.24) is 9.97 Å². The molecule has 26 heavy (non-hydrogen) atoms. The fraction of sp³-hybridized carbons (Fsp3) is 0.118. The summed E-state index contributed by atoms with van der Waals surface area (Å²) in [5.41, 5.74) is 1.78. The van der Waals surface area contributed by atoms with Gasteiger partial charge in [-0.25, -0.2) is 13.8 Å². The molecule has 0 unspecified atom stereocenters. The first-order chi connectivity index (χ1) is 12.3. The zero-order valence-electron chi connectivity index (χ0n) is 13.4. The first-order valence-corrected chi connectivity index (χ1v) is 8.29. The van der Waals surface area contributed by atoms with Crippen molar-refractivity contribution in [2.75, 3.05) is 10.6 Å². The molecule has 0 spiro atoms. The van der Waals surface area contributed by atoms with Crippen molar-refractivity contribution < 1.29 is 18.4 Å². The molecule has 2 amide bonds. The first-order valence-electron chi connectivity index (χ1n) is 7.50. The molecule has 0 atom stereocenters. The number of rotatable bonds is 4. The van der Waals surface area contributed by atoms with Crippen LogP contribution in [0.3, 0.4) is 0 Å². The van der Waals surface area contributed by atoms with E-state index in [1.54, 1.807) is 18.2 Å². The van der Waals surface area contributed by atoms with Gasteiger partial charge in [-0.1, -0.05) is 15.9 Å². The average Bonchev–Trinajstić information content (AvgIpc) is 3.00. The molecule has 0 aliphatic rings. The molecular weight excluding hydrogens is 410 g/mol. The Labute approximate surface area is 155 Å². The SMILES string of the molecule is CC(=O)Nc1ccc(Br)cc1NC(=O)c1ccc2nc(C(F)F)[nH]c2c1. The number of carbonyl (C=O) groups excluding carboxylic acids is 2. The normalized spacial score (nSPS) is 11.0. The molecule has 3 N–H and O–H groups in total. The smallest absolute Gasteiger partial charge is 0.295 e. The Morgan fingerprint density at radius 2 is 1.88 bits per heavy atom. The Balaban J connectivity index is 1.89. The highest BCUT2D eigenvalue weighted by Gasteiger charge is 2.15. The number of anilines is 2. The maximum absolute atomic E-state index is 12.7. The van der Waals surface area contributed by atoms with Crippen molar-refractivity contribution >= 4 is 50.2 Å². The molecule has 0 aliphatic heterocycles. The highest BCUT2D eigenvalue weighted by molar-refractivity contribution is 9.10. The van der Waals surface area contributed by atoms with Gasteiger partial charge in [0.25, 0.3) is 12.3 Å². The maximum Gasteiger partial charge on any atom is 0.295 e. The number of benzene rings is 2. The molecule has 3 aromatic rings. The number of hydrogen-bond donors (Lipinski definition) is 3. The van der Waals surface area contributed by atoms with E-state index in [-0.39, 0.29) is 11.5 Å². The molecule has 3 rings (SSSR count). The highest BCUT2D eigenvalue weighted by atomic mass is 79.9.